The molecule has 24 heavy (non-hydrogen) atoms. The number of carbonyl (C=O) groups excluding carboxylic acids is 2. The van der Waals surface area contributed by atoms with Gasteiger partial charge in [-0.05, 0) is 31.0 Å². The van der Waals surface area contributed by atoms with Gasteiger partial charge in [-0.15, -0.1) is 0 Å². The highest BCUT2D eigenvalue weighted by atomic mass is 79.9. The van der Waals surface area contributed by atoms with Gasteiger partial charge in [-0.1, -0.05) is 28.8 Å². The molecule has 1 aliphatic carbocycles. The number of nitrogens with one attached hydrogen (secondary N) is 1. The lowest BCUT2D eigenvalue weighted by molar-refractivity contribution is -0.130. The molecule has 1 saturated heterocycles. The van der Waals surface area contributed by atoms with E-state index in [2.05, 4.69) is 21.2 Å². The Balaban J connectivity index is 1.58. The molecule has 1 aliphatic heterocycles. The summed E-state index contributed by atoms with van der Waals surface area (Å²) in [5.74, 6) is 0.581. The summed E-state index contributed by atoms with van der Waals surface area (Å²) in [6.07, 6.45) is 4.87. The van der Waals surface area contributed by atoms with Crippen LogP contribution < -0.4 is 10.1 Å². The van der Waals surface area contributed by atoms with Gasteiger partial charge in [0.25, 0.3) is 0 Å². The number of methoxy groups -OCH3 is 1. The zero-order chi connectivity index (χ0) is 17.1. The lowest BCUT2D eigenvalue weighted by atomic mass is 10.1. The maximum atomic E-state index is 12.5. The molecule has 1 aromatic rings. The fourth-order valence-corrected chi connectivity index (χ4v) is 4.10. The van der Waals surface area contributed by atoms with Gasteiger partial charge in [0.15, 0.2) is 0 Å². The van der Waals surface area contributed by atoms with Crippen molar-refractivity contribution in [3.63, 3.8) is 0 Å². The van der Waals surface area contributed by atoms with Crippen molar-refractivity contribution in [1.82, 2.24) is 10.2 Å². The molecule has 0 bridgehead atoms. The zero-order valence-corrected chi connectivity index (χ0v) is 15.5. The molecule has 1 N–H and O–H groups in total. The molecule has 2 aliphatic rings. The van der Waals surface area contributed by atoms with Crippen molar-refractivity contribution in [3.05, 3.63) is 28.2 Å². The SMILES string of the molecule is COc1ccc(Br)cc1CNC(=O)C1CC(=O)N(C2CCCC2)C1. The Hall–Kier alpha value is -1.56. The molecule has 6 heteroatoms. The first-order chi connectivity index (χ1) is 11.6. The molecule has 3 rings (SSSR count). The first kappa shape index (κ1) is 17.3. The van der Waals surface area contributed by atoms with Crippen LogP contribution in [0.4, 0.5) is 0 Å². The monoisotopic (exact) mass is 394 g/mol. The molecule has 130 valence electrons. The smallest absolute Gasteiger partial charge is 0.225 e. The number of nitrogens with zero attached hydrogens (tertiary/aromatic N) is 1. The second kappa shape index (κ2) is 7.55. The maximum absolute atomic E-state index is 12.5. The van der Waals surface area contributed by atoms with Crippen molar-refractivity contribution in [3.8, 4) is 5.75 Å². The third-order valence-electron chi connectivity index (χ3n) is 4.99. The van der Waals surface area contributed by atoms with E-state index in [1.54, 1.807) is 7.11 Å². The predicted octanol–water partition coefficient (Wildman–Crippen LogP) is 2.87. The minimum Gasteiger partial charge on any atom is -0.496 e. The Morgan fingerprint density at radius 3 is 2.83 bits per heavy atom. The number of hydrogen-bond acceptors (Lipinski definition) is 3. The normalized spacial score (nSPS) is 21.3. The molecule has 1 aromatic carbocycles. The van der Waals surface area contributed by atoms with Gasteiger partial charge < -0.3 is 15.0 Å². The van der Waals surface area contributed by atoms with Crippen molar-refractivity contribution in [1.29, 1.82) is 0 Å². The summed E-state index contributed by atoms with van der Waals surface area (Å²) in [4.78, 5) is 26.6. The van der Waals surface area contributed by atoms with Crippen LogP contribution in [0.15, 0.2) is 22.7 Å². The van der Waals surface area contributed by atoms with Gasteiger partial charge in [0, 0.05) is 35.6 Å². The standard InChI is InChI=1S/C18H23BrN2O3/c1-24-16-7-6-14(19)8-12(16)10-20-18(23)13-9-17(22)21(11-13)15-4-2-3-5-15/h6-8,13,15H,2-5,9-11H2,1H3,(H,20,23). The van der Waals surface area contributed by atoms with E-state index >= 15 is 0 Å². The van der Waals surface area contributed by atoms with E-state index in [-0.39, 0.29) is 17.7 Å². The third-order valence-corrected chi connectivity index (χ3v) is 5.48. The lowest BCUT2D eigenvalue weighted by Gasteiger charge is -2.23. The van der Waals surface area contributed by atoms with Crippen molar-refractivity contribution in [2.45, 2.75) is 44.7 Å². The fraction of sp³-hybridized carbons (Fsp3) is 0.556. The van der Waals surface area contributed by atoms with Gasteiger partial charge in [-0.25, -0.2) is 0 Å². The topological polar surface area (TPSA) is 58.6 Å². The van der Waals surface area contributed by atoms with E-state index in [1.807, 2.05) is 23.1 Å². The Kier molecular flexibility index (Phi) is 5.43. The number of rotatable bonds is 5. The number of halogens is 1. The van der Waals surface area contributed by atoms with Gasteiger partial charge in [0.1, 0.15) is 5.75 Å². The van der Waals surface area contributed by atoms with Crippen molar-refractivity contribution < 1.29 is 14.3 Å². The average molecular weight is 395 g/mol. The molecule has 5 nitrogen and oxygen atoms in total. The molecule has 0 aromatic heterocycles. The molecule has 2 amide bonds. The Bertz CT molecular complexity index is 629. The molecule has 1 heterocycles. The van der Waals surface area contributed by atoms with Gasteiger partial charge >= 0.3 is 0 Å². The van der Waals surface area contributed by atoms with Gasteiger partial charge in [-0.3, -0.25) is 9.59 Å². The van der Waals surface area contributed by atoms with Crippen LogP contribution in [-0.2, 0) is 16.1 Å². The van der Waals surface area contributed by atoms with Crippen molar-refractivity contribution >= 4 is 27.7 Å². The number of hydrogen-bond donors (Lipinski definition) is 1. The first-order valence-corrected chi connectivity index (χ1v) is 9.27. The van der Waals surface area contributed by atoms with E-state index in [0.29, 0.717) is 25.6 Å². The second-order valence-corrected chi connectivity index (χ2v) is 7.48. The highest BCUT2D eigenvalue weighted by Crippen LogP contribution is 2.29. The van der Waals surface area contributed by atoms with Gasteiger partial charge in [-0.2, -0.15) is 0 Å². The Morgan fingerprint density at radius 1 is 1.38 bits per heavy atom. The van der Waals surface area contributed by atoms with Crippen LogP contribution in [0.25, 0.3) is 0 Å². The number of carbonyl (C=O) groups is 2. The number of ether oxygens (including phenoxy) is 1. The first-order valence-electron chi connectivity index (χ1n) is 8.48. The van der Waals surface area contributed by atoms with E-state index < -0.39 is 0 Å². The molecular formula is C18H23BrN2O3. The van der Waals surface area contributed by atoms with Gasteiger partial charge in [0.2, 0.25) is 11.8 Å². The Morgan fingerprint density at radius 2 is 2.12 bits per heavy atom. The average Bonchev–Trinajstić information content (AvgIpc) is 3.22. The summed E-state index contributed by atoms with van der Waals surface area (Å²) in [6, 6.07) is 6.05. The molecule has 0 radical (unpaired) electrons. The Labute approximate surface area is 150 Å². The molecule has 1 atom stereocenters. The summed E-state index contributed by atoms with van der Waals surface area (Å²) in [7, 11) is 1.61. The molecule has 1 saturated carbocycles. The van der Waals surface area contributed by atoms with Crippen LogP contribution in [0.1, 0.15) is 37.7 Å². The van der Waals surface area contributed by atoms with Crippen LogP contribution >= 0.6 is 15.9 Å². The highest BCUT2D eigenvalue weighted by Gasteiger charge is 2.38. The lowest BCUT2D eigenvalue weighted by Crippen LogP contribution is -2.36. The molecular weight excluding hydrogens is 372 g/mol. The van der Waals surface area contributed by atoms with Crippen molar-refractivity contribution in [2.24, 2.45) is 5.92 Å². The number of amides is 2. The summed E-state index contributed by atoms with van der Waals surface area (Å²) < 4.78 is 6.27. The van der Waals surface area contributed by atoms with E-state index in [0.717, 1.165) is 28.6 Å². The van der Waals surface area contributed by atoms with Crippen LogP contribution in [0.2, 0.25) is 0 Å². The highest BCUT2D eigenvalue weighted by molar-refractivity contribution is 9.10. The summed E-state index contributed by atoms with van der Waals surface area (Å²) >= 11 is 3.43. The summed E-state index contributed by atoms with van der Waals surface area (Å²) in [5.41, 5.74) is 0.914. The summed E-state index contributed by atoms with van der Waals surface area (Å²) in [6.45, 7) is 0.959. The fourth-order valence-electron chi connectivity index (χ4n) is 3.69. The number of likely N-dealkylation sites (tertiary alicyclic amines) is 1. The molecule has 0 spiro atoms. The van der Waals surface area contributed by atoms with E-state index in [9.17, 15) is 9.59 Å². The quantitative estimate of drug-likeness (QED) is 0.834. The van der Waals surface area contributed by atoms with Crippen LogP contribution in [0, 0.1) is 5.92 Å². The van der Waals surface area contributed by atoms with Crippen molar-refractivity contribution in [2.75, 3.05) is 13.7 Å². The number of benzene rings is 1. The second-order valence-electron chi connectivity index (χ2n) is 6.56. The third kappa shape index (κ3) is 3.74. The van der Waals surface area contributed by atoms with Gasteiger partial charge in [0.05, 0.1) is 13.0 Å². The maximum Gasteiger partial charge on any atom is 0.225 e. The minimum atomic E-state index is -0.240. The largest absolute Gasteiger partial charge is 0.496 e. The van der Waals surface area contributed by atoms with E-state index in [4.69, 9.17) is 4.74 Å². The minimum absolute atomic E-state index is 0.0501. The molecule has 1 unspecified atom stereocenters. The van der Waals surface area contributed by atoms with Crippen LogP contribution in [-0.4, -0.2) is 36.4 Å². The molecule has 2 fully saturated rings. The zero-order valence-electron chi connectivity index (χ0n) is 13.9. The summed E-state index contributed by atoms with van der Waals surface area (Å²) in [5, 5.41) is 2.96. The van der Waals surface area contributed by atoms with Crippen LogP contribution in [0.3, 0.4) is 0 Å². The van der Waals surface area contributed by atoms with Crippen LogP contribution in [0.5, 0.6) is 5.75 Å². The van der Waals surface area contributed by atoms with E-state index in [1.165, 1.54) is 12.8 Å². The predicted molar refractivity (Wildman–Crippen MR) is 94.6 cm³/mol.